The average molecular weight is 277 g/mol. The van der Waals surface area contributed by atoms with Gasteiger partial charge in [-0.15, -0.1) is 0 Å². The van der Waals surface area contributed by atoms with E-state index in [0.29, 0.717) is 16.7 Å². The summed E-state index contributed by atoms with van der Waals surface area (Å²) in [6, 6.07) is 5.21. The molecule has 1 aromatic rings. The first-order valence-electron chi connectivity index (χ1n) is 5.74. The van der Waals surface area contributed by atoms with Gasteiger partial charge in [0.15, 0.2) is 0 Å². The van der Waals surface area contributed by atoms with E-state index in [9.17, 15) is 5.11 Å². The van der Waals surface area contributed by atoms with Crippen LogP contribution in [0.5, 0.6) is 0 Å². The molecule has 0 fully saturated rings. The quantitative estimate of drug-likeness (QED) is 0.796. The minimum Gasteiger partial charge on any atom is -0.393 e. The summed E-state index contributed by atoms with van der Waals surface area (Å²) in [5, 5.41) is 10.6. The van der Waals surface area contributed by atoms with Crippen molar-refractivity contribution in [3.8, 4) is 0 Å². The minimum absolute atomic E-state index is 0.113. The molecule has 0 heterocycles. The monoisotopic (exact) mass is 276 g/mol. The normalized spacial score (nSPS) is 14.6. The van der Waals surface area contributed by atoms with Crippen molar-refractivity contribution in [1.82, 2.24) is 0 Å². The first-order valence-corrected chi connectivity index (χ1v) is 6.49. The van der Waals surface area contributed by atoms with Gasteiger partial charge in [-0.25, -0.2) is 0 Å². The van der Waals surface area contributed by atoms with Crippen LogP contribution in [0.3, 0.4) is 0 Å². The highest BCUT2D eigenvalue weighted by molar-refractivity contribution is 6.35. The highest BCUT2D eigenvalue weighted by atomic mass is 35.5. The van der Waals surface area contributed by atoms with Crippen molar-refractivity contribution in [2.24, 2.45) is 0 Å². The molecule has 0 aliphatic heterocycles. The molecule has 1 rings (SSSR count). The van der Waals surface area contributed by atoms with Gasteiger partial charge in [0.05, 0.1) is 6.61 Å². The average Bonchev–Trinajstić information content (AvgIpc) is 2.29. The molecule has 17 heavy (non-hydrogen) atoms. The highest BCUT2D eigenvalue weighted by Crippen LogP contribution is 2.33. The molecule has 1 N–H and O–H groups in total. The summed E-state index contributed by atoms with van der Waals surface area (Å²) < 4.78 is 5.75. The van der Waals surface area contributed by atoms with Gasteiger partial charge in [0.25, 0.3) is 0 Å². The van der Waals surface area contributed by atoms with Crippen LogP contribution in [0.2, 0.25) is 10.0 Å². The second-order valence-corrected chi connectivity index (χ2v) is 5.06. The van der Waals surface area contributed by atoms with E-state index in [0.717, 1.165) is 18.4 Å². The molecule has 2 nitrogen and oxygen atoms in total. The highest BCUT2D eigenvalue weighted by Gasteiger charge is 2.28. The number of unbranched alkanes of at least 4 members (excludes halogenated alkanes) is 1. The second kappa shape index (κ2) is 6.60. The Morgan fingerprint density at radius 2 is 2.06 bits per heavy atom. The zero-order valence-corrected chi connectivity index (χ0v) is 11.7. The molecule has 0 bridgehead atoms. The predicted octanol–water partition coefficient (Wildman–Crippen LogP) is 4.02. The predicted molar refractivity (Wildman–Crippen MR) is 71.8 cm³/mol. The van der Waals surface area contributed by atoms with E-state index in [4.69, 9.17) is 27.9 Å². The summed E-state index contributed by atoms with van der Waals surface area (Å²) >= 11 is 12.0. The summed E-state index contributed by atoms with van der Waals surface area (Å²) in [7, 11) is 0. The number of halogens is 2. The maximum absolute atomic E-state index is 9.52. The topological polar surface area (TPSA) is 29.5 Å². The van der Waals surface area contributed by atoms with Gasteiger partial charge in [-0.3, -0.25) is 0 Å². The standard InChI is InChI=1S/C13H18Cl2O2/c1-3-4-7-17-13(2,9-16)11-6-5-10(14)8-12(11)15/h5-6,8,16H,3-4,7,9H2,1-2H3. The number of hydrogen-bond acceptors (Lipinski definition) is 2. The van der Waals surface area contributed by atoms with Crippen LogP contribution in [0.4, 0.5) is 0 Å². The van der Waals surface area contributed by atoms with E-state index in [1.165, 1.54) is 0 Å². The SMILES string of the molecule is CCCCOC(C)(CO)c1ccc(Cl)cc1Cl. The van der Waals surface area contributed by atoms with E-state index < -0.39 is 5.60 Å². The van der Waals surface area contributed by atoms with Crippen LogP contribution < -0.4 is 0 Å². The van der Waals surface area contributed by atoms with Crippen LogP contribution in [0, 0.1) is 0 Å². The van der Waals surface area contributed by atoms with Crippen molar-refractivity contribution < 1.29 is 9.84 Å². The molecule has 0 aliphatic carbocycles. The van der Waals surface area contributed by atoms with Gasteiger partial charge in [-0.1, -0.05) is 42.6 Å². The van der Waals surface area contributed by atoms with Crippen molar-refractivity contribution in [1.29, 1.82) is 0 Å². The molecule has 1 atom stereocenters. The van der Waals surface area contributed by atoms with Crippen LogP contribution in [-0.2, 0) is 10.3 Å². The van der Waals surface area contributed by atoms with E-state index in [2.05, 4.69) is 6.92 Å². The fourth-order valence-corrected chi connectivity index (χ4v) is 2.18. The smallest absolute Gasteiger partial charge is 0.115 e. The number of benzene rings is 1. The zero-order chi connectivity index (χ0) is 12.9. The first kappa shape index (κ1) is 14.8. The Labute approximate surface area is 113 Å². The lowest BCUT2D eigenvalue weighted by Gasteiger charge is -2.29. The zero-order valence-electron chi connectivity index (χ0n) is 10.2. The fourth-order valence-electron chi connectivity index (χ4n) is 1.57. The summed E-state index contributed by atoms with van der Waals surface area (Å²) in [6.45, 7) is 4.41. The fraction of sp³-hybridized carbons (Fsp3) is 0.538. The van der Waals surface area contributed by atoms with Crippen molar-refractivity contribution in [3.05, 3.63) is 33.8 Å². The molecule has 1 unspecified atom stereocenters. The van der Waals surface area contributed by atoms with Crippen LogP contribution in [0.15, 0.2) is 18.2 Å². The van der Waals surface area contributed by atoms with Crippen molar-refractivity contribution in [3.63, 3.8) is 0 Å². The lowest BCUT2D eigenvalue weighted by Crippen LogP contribution is -2.31. The van der Waals surface area contributed by atoms with E-state index >= 15 is 0 Å². The second-order valence-electron chi connectivity index (χ2n) is 4.22. The molecule has 4 heteroatoms. The van der Waals surface area contributed by atoms with Gasteiger partial charge in [0, 0.05) is 22.2 Å². The van der Waals surface area contributed by atoms with Gasteiger partial charge < -0.3 is 9.84 Å². The lowest BCUT2D eigenvalue weighted by atomic mass is 9.96. The minimum atomic E-state index is -0.767. The van der Waals surface area contributed by atoms with E-state index in [-0.39, 0.29) is 6.61 Å². The largest absolute Gasteiger partial charge is 0.393 e. The summed E-state index contributed by atoms with van der Waals surface area (Å²) in [5.74, 6) is 0. The third kappa shape index (κ3) is 3.85. The molecule has 0 radical (unpaired) electrons. The Morgan fingerprint density at radius 1 is 1.35 bits per heavy atom. The molecular formula is C13H18Cl2O2. The van der Waals surface area contributed by atoms with Gasteiger partial charge in [0.2, 0.25) is 0 Å². The summed E-state index contributed by atoms with van der Waals surface area (Å²) in [5.41, 5.74) is -0.00112. The van der Waals surface area contributed by atoms with Gasteiger partial charge in [-0.2, -0.15) is 0 Å². The molecule has 0 aliphatic rings. The molecule has 0 saturated heterocycles. The van der Waals surface area contributed by atoms with Gasteiger partial charge in [-0.05, 0) is 25.5 Å². The number of hydrogen-bond donors (Lipinski definition) is 1. The molecular weight excluding hydrogens is 259 g/mol. The van der Waals surface area contributed by atoms with Crippen molar-refractivity contribution in [2.45, 2.75) is 32.3 Å². The van der Waals surface area contributed by atoms with Crippen molar-refractivity contribution in [2.75, 3.05) is 13.2 Å². The van der Waals surface area contributed by atoms with Crippen LogP contribution in [-0.4, -0.2) is 18.3 Å². The number of aliphatic hydroxyl groups is 1. The first-order chi connectivity index (χ1) is 8.03. The molecule has 0 saturated carbocycles. The summed E-state index contributed by atoms with van der Waals surface area (Å²) in [4.78, 5) is 0. The number of rotatable bonds is 6. The van der Waals surface area contributed by atoms with Crippen LogP contribution >= 0.6 is 23.2 Å². The Morgan fingerprint density at radius 3 is 2.59 bits per heavy atom. The molecule has 0 aromatic heterocycles. The molecule has 0 spiro atoms. The maximum atomic E-state index is 9.52. The molecule has 1 aromatic carbocycles. The summed E-state index contributed by atoms with van der Waals surface area (Å²) in [6.07, 6.45) is 2.01. The third-order valence-electron chi connectivity index (χ3n) is 2.72. The third-order valence-corrected chi connectivity index (χ3v) is 3.27. The lowest BCUT2D eigenvalue weighted by molar-refractivity contribution is -0.0728. The Hall–Kier alpha value is -0.280. The molecule has 0 amide bonds. The Bertz CT molecular complexity index is 368. The van der Waals surface area contributed by atoms with E-state index in [1.54, 1.807) is 18.2 Å². The number of aliphatic hydroxyl groups excluding tert-OH is 1. The Kier molecular flexibility index (Phi) is 5.74. The Balaban J connectivity index is 2.90. The number of ether oxygens (including phenoxy) is 1. The maximum Gasteiger partial charge on any atom is 0.115 e. The van der Waals surface area contributed by atoms with Crippen molar-refractivity contribution >= 4 is 23.2 Å². The van der Waals surface area contributed by atoms with Gasteiger partial charge >= 0.3 is 0 Å². The van der Waals surface area contributed by atoms with E-state index in [1.807, 2.05) is 6.92 Å². The van der Waals surface area contributed by atoms with Crippen LogP contribution in [0.25, 0.3) is 0 Å². The molecule has 96 valence electrons. The van der Waals surface area contributed by atoms with Crippen LogP contribution in [0.1, 0.15) is 32.3 Å². The van der Waals surface area contributed by atoms with Gasteiger partial charge in [0.1, 0.15) is 5.60 Å².